The van der Waals surface area contributed by atoms with E-state index in [1.165, 1.54) is 38.5 Å². The Morgan fingerprint density at radius 3 is 2.57 bits per heavy atom. The third-order valence-electron chi connectivity index (χ3n) is 6.50. The summed E-state index contributed by atoms with van der Waals surface area (Å²) in [4.78, 5) is 22.4. The van der Waals surface area contributed by atoms with Crippen molar-refractivity contribution in [3.05, 3.63) is 35.1 Å². The second-order valence-corrected chi connectivity index (χ2v) is 9.20. The van der Waals surface area contributed by atoms with Crippen molar-refractivity contribution in [2.24, 2.45) is 11.8 Å². The lowest BCUT2D eigenvalue weighted by Gasteiger charge is -2.19. The molecule has 1 amide bonds. The van der Waals surface area contributed by atoms with E-state index in [-0.39, 0.29) is 11.9 Å². The SMILES string of the molecule is Cc1nc([C@H](CC2CC2)NC(=O)c2nc(OCC3CC3)ccc2C2CCCC2)no1. The van der Waals surface area contributed by atoms with Crippen LogP contribution in [0.4, 0.5) is 0 Å². The van der Waals surface area contributed by atoms with E-state index in [1.807, 2.05) is 6.07 Å². The number of amides is 1. The van der Waals surface area contributed by atoms with E-state index >= 15 is 0 Å². The summed E-state index contributed by atoms with van der Waals surface area (Å²) in [6.45, 7) is 2.45. The van der Waals surface area contributed by atoms with E-state index in [0.29, 0.717) is 47.6 Å². The number of ether oxygens (including phenoxy) is 1. The number of pyridine rings is 1. The fourth-order valence-electron chi connectivity index (χ4n) is 4.37. The van der Waals surface area contributed by atoms with Crippen molar-refractivity contribution in [3.63, 3.8) is 0 Å². The van der Waals surface area contributed by atoms with Crippen LogP contribution in [0.15, 0.2) is 16.7 Å². The maximum Gasteiger partial charge on any atom is 0.270 e. The standard InChI is InChI=1S/C23H30N4O3/c1-14-24-22(27-30-14)19(12-15-6-7-15)25-23(28)21-18(17-4-2-3-5-17)10-11-20(26-21)29-13-16-8-9-16/h10-11,15-17,19H,2-9,12-13H2,1H3,(H,25,28)/t19-/m0/s1. The first-order valence-electron chi connectivity index (χ1n) is 11.4. The number of nitrogens with zero attached hydrogens (tertiary/aromatic N) is 3. The molecule has 30 heavy (non-hydrogen) atoms. The summed E-state index contributed by atoms with van der Waals surface area (Å²) < 4.78 is 11.0. The smallest absolute Gasteiger partial charge is 0.270 e. The molecule has 7 heteroatoms. The molecule has 3 fully saturated rings. The zero-order valence-corrected chi connectivity index (χ0v) is 17.6. The van der Waals surface area contributed by atoms with Gasteiger partial charge in [-0.25, -0.2) is 4.98 Å². The Kier molecular flexibility index (Phi) is 5.44. The molecule has 3 aliphatic carbocycles. The molecule has 0 radical (unpaired) electrons. The highest BCUT2D eigenvalue weighted by Crippen LogP contribution is 2.38. The Balaban J connectivity index is 1.38. The normalized spacial score (nSPS) is 20.3. The highest BCUT2D eigenvalue weighted by atomic mass is 16.5. The van der Waals surface area contributed by atoms with Crippen LogP contribution < -0.4 is 10.1 Å². The minimum Gasteiger partial charge on any atom is -0.477 e. The molecule has 0 bridgehead atoms. The molecule has 3 saturated carbocycles. The van der Waals surface area contributed by atoms with Crippen molar-refractivity contribution in [3.8, 4) is 5.88 Å². The number of aromatic nitrogens is 3. The highest BCUT2D eigenvalue weighted by Gasteiger charge is 2.32. The van der Waals surface area contributed by atoms with Crippen LogP contribution >= 0.6 is 0 Å². The zero-order valence-electron chi connectivity index (χ0n) is 17.6. The van der Waals surface area contributed by atoms with Crippen molar-refractivity contribution in [1.82, 2.24) is 20.4 Å². The van der Waals surface area contributed by atoms with Gasteiger partial charge in [-0.3, -0.25) is 4.79 Å². The van der Waals surface area contributed by atoms with E-state index in [2.05, 4.69) is 26.5 Å². The van der Waals surface area contributed by atoms with Crippen LogP contribution in [0.2, 0.25) is 0 Å². The first-order valence-corrected chi connectivity index (χ1v) is 11.4. The van der Waals surface area contributed by atoms with Gasteiger partial charge in [-0.1, -0.05) is 36.9 Å². The summed E-state index contributed by atoms with van der Waals surface area (Å²) in [6.07, 6.45) is 10.3. The molecule has 2 aromatic heterocycles. The van der Waals surface area contributed by atoms with Crippen LogP contribution in [0.25, 0.3) is 0 Å². The van der Waals surface area contributed by atoms with Gasteiger partial charge in [0, 0.05) is 13.0 Å². The molecule has 0 saturated heterocycles. The van der Waals surface area contributed by atoms with Crippen LogP contribution in [-0.2, 0) is 0 Å². The van der Waals surface area contributed by atoms with Gasteiger partial charge in [0.15, 0.2) is 5.82 Å². The summed E-state index contributed by atoms with van der Waals surface area (Å²) >= 11 is 0. The second kappa shape index (κ2) is 8.36. The van der Waals surface area contributed by atoms with Gasteiger partial charge in [0.05, 0.1) is 12.6 Å². The zero-order chi connectivity index (χ0) is 20.5. The number of hydrogen-bond donors (Lipinski definition) is 1. The van der Waals surface area contributed by atoms with E-state index in [0.717, 1.165) is 24.8 Å². The third kappa shape index (κ3) is 4.65. The largest absolute Gasteiger partial charge is 0.477 e. The first kappa shape index (κ1) is 19.5. The Morgan fingerprint density at radius 2 is 1.90 bits per heavy atom. The van der Waals surface area contributed by atoms with Gasteiger partial charge in [0.25, 0.3) is 5.91 Å². The first-order chi connectivity index (χ1) is 14.7. The molecule has 0 unspecified atom stereocenters. The quantitative estimate of drug-likeness (QED) is 0.655. The lowest BCUT2D eigenvalue weighted by atomic mass is 9.95. The summed E-state index contributed by atoms with van der Waals surface area (Å²) in [6, 6.07) is 3.72. The van der Waals surface area contributed by atoms with Crippen LogP contribution in [0, 0.1) is 18.8 Å². The predicted octanol–water partition coefficient (Wildman–Crippen LogP) is 4.49. The number of hydrogen-bond acceptors (Lipinski definition) is 6. The molecule has 1 N–H and O–H groups in total. The average Bonchev–Trinajstić information content (AvgIpc) is 3.65. The van der Waals surface area contributed by atoms with Gasteiger partial charge in [0.2, 0.25) is 11.8 Å². The Morgan fingerprint density at radius 1 is 1.13 bits per heavy atom. The number of aryl methyl sites for hydroxylation is 1. The maximum atomic E-state index is 13.4. The van der Waals surface area contributed by atoms with Crippen LogP contribution in [-0.4, -0.2) is 27.6 Å². The summed E-state index contributed by atoms with van der Waals surface area (Å²) in [7, 11) is 0. The molecule has 0 spiro atoms. The molecule has 1 atom stereocenters. The van der Waals surface area contributed by atoms with Gasteiger partial charge in [-0.15, -0.1) is 0 Å². The number of carbonyl (C=O) groups excluding carboxylic acids is 1. The molecule has 160 valence electrons. The minimum absolute atomic E-state index is 0.165. The van der Waals surface area contributed by atoms with Gasteiger partial charge < -0.3 is 14.6 Å². The van der Waals surface area contributed by atoms with Gasteiger partial charge >= 0.3 is 0 Å². The van der Waals surface area contributed by atoms with E-state index < -0.39 is 0 Å². The maximum absolute atomic E-state index is 13.4. The molecular formula is C23H30N4O3. The van der Waals surface area contributed by atoms with Crippen molar-refractivity contribution in [1.29, 1.82) is 0 Å². The van der Waals surface area contributed by atoms with Crippen LogP contribution in [0.1, 0.15) is 97.5 Å². The lowest BCUT2D eigenvalue weighted by Crippen LogP contribution is -2.31. The topological polar surface area (TPSA) is 90.1 Å². The molecule has 2 heterocycles. The summed E-state index contributed by atoms with van der Waals surface area (Å²) in [5.74, 6) is 3.10. The van der Waals surface area contributed by atoms with E-state index in [1.54, 1.807) is 6.92 Å². The monoisotopic (exact) mass is 410 g/mol. The number of carbonyl (C=O) groups is 1. The Labute approximate surface area is 177 Å². The fourth-order valence-corrected chi connectivity index (χ4v) is 4.37. The highest BCUT2D eigenvalue weighted by molar-refractivity contribution is 5.94. The molecule has 3 aliphatic rings. The molecule has 0 aromatic carbocycles. The van der Waals surface area contributed by atoms with Crippen molar-refractivity contribution in [2.45, 2.75) is 76.7 Å². The second-order valence-electron chi connectivity index (χ2n) is 9.20. The number of nitrogens with one attached hydrogen (secondary N) is 1. The molecular weight excluding hydrogens is 380 g/mol. The fraction of sp³-hybridized carbons (Fsp3) is 0.652. The van der Waals surface area contributed by atoms with Crippen LogP contribution in [0.3, 0.4) is 0 Å². The van der Waals surface area contributed by atoms with Gasteiger partial charge in [-0.2, -0.15) is 4.98 Å². The van der Waals surface area contributed by atoms with Crippen LogP contribution in [0.5, 0.6) is 5.88 Å². The lowest BCUT2D eigenvalue weighted by molar-refractivity contribution is 0.0923. The van der Waals surface area contributed by atoms with Gasteiger partial charge in [-0.05, 0) is 55.4 Å². The summed E-state index contributed by atoms with van der Waals surface area (Å²) in [5, 5.41) is 7.23. The third-order valence-corrected chi connectivity index (χ3v) is 6.50. The number of rotatable bonds is 9. The molecule has 0 aliphatic heterocycles. The predicted molar refractivity (Wildman–Crippen MR) is 110 cm³/mol. The van der Waals surface area contributed by atoms with Crippen molar-refractivity contribution >= 4 is 5.91 Å². The van der Waals surface area contributed by atoms with Crippen molar-refractivity contribution < 1.29 is 14.1 Å². The molecule has 2 aromatic rings. The summed E-state index contributed by atoms with van der Waals surface area (Å²) in [5.41, 5.74) is 1.54. The minimum atomic E-state index is -0.253. The Bertz CT molecular complexity index is 898. The van der Waals surface area contributed by atoms with E-state index in [4.69, 9.17) is 9.26 Å². The average molecular weight is 411 g/mol. The molecule has 5 rings (SSSR count). The Hall–Kier alpha value is -2.44. The van der Waals surface area contributed by atoms with E-state index in [9.17, 15) is 4.79 Å². The molecule has 7 nitrogen and oxygen atoms in total. The van der Waals surface area contributed by atoms with Crippen molar-refractivity contribution in [2.75, 3.05) is 6.61 Å². The van der Waals surface area contributed by atoms with Gasteiger partial charge in [0.1, 0.15) is 5.69 Å².